The summed E-state index contributed by atoms with van der Waals surface area (Å²) < 4.78 is 43.7. The largest absolute Gasteiger partial charge is 0.399 e. The first-order valence-corrected chi connectivity index (χ1v) is 24.0. The van der Waals surface area contributed by atoms with Crippen molar-refractivity contribution in [1.29, 1.82) is 0 Å². The van der Waals surface area contributed by atoms with E-state index < -0.39 is 53.4 Å². The quantitative estimate of drug-likeness (QED) is 0.0947. The molecular weight excluding hydrogens is 820 g/mol. The Balaban J connectivity index is 1.56. The SMILES string of the molecule is COC1C(C)OC(O[C@@H](C)[C@H](/C=C/I)O[Si](c2ccccc2)(c2ccccc2)C(C)(C)C)C(OC)C1O[Si](c1ccccc1)(c1ccccc1)C(C)(C)C. The van der Waals surface area contributed by atoms with E-state index in [-0.39, 0.29) is 16.2 Å². The van der Waals surface area contributed by atoms with Crippen molar-refractivity contribution in [1.82, 2.24) is 0 Å². The van der Waals surface area contributed by atoms with Crippen LogP contribution >= 0.6 is 22.6 Å². The van der Waals surface area contributed by atoms with E-state index in [0.717, 1.165) is 0 Å². The first-order valence-electron chi connectivity index (χ1n) is 19.0. The third-order valence-electron chi connectivity index (χ3n) is 10.8. The van der Waals surface area contributed by atoms with Crippen molar-refractivity contribution in [2.75, 3.05) is 14.2 Å². The molecule has 0 aromatic heterocycles. The lowest BCUT2D eigenvalue weighted by atomic mass is 9.99. The highest BCUT2D eigenvalue weighted by molar-refractivity contribution is 14.1. The molecule has 1 saturated heterocycles. The zero-order chi connectivity index (χ0) is 39.1. The van der Waals surface area contributed by atoms with Crippen LogP contribution in [0.2, 0.25) is 10.1 Å². The Hall–Kier alpha value is -2.46. The normalized spacial score (nSPS) is 22.6. The molecule has 1 aliphatic heterocycles. The van der Waals surface area contributed by atoms with Crippen molar-refractivity contribution < 1.29 is 27.8 Å². The molecule has 0 bridgehead atoms. The molecule has 5 unspecified atom stereocenters. The molecule has 6 nitrogen and oxygen atoms in total. The van der Waals surface area contributed by atoms with Gasteiger partial charge in [-0.1, -0.05) is 185 Å². The summed E-state index contributed by atoms with van der Waals surface area (Å²) in [4.78, 5) is 0. The molecule has 1 aliphatic rings. The van der Waals surface area contributed by atoms with Gasteiger partial charge in [-0.05, 0) is 54.8 Å². The summed E-state index contributed by atoms with van der Waals surface area (Å²) in [5.41, 5.74) is 0. The number of ether oxygens (including phenoxy) is 4. The van der Waals surface area contributed by atoms with Crippen LogP contribution in [0.5, 0.6) is 0 Å². The van der Waals surface area contributed by atoms with Crippen molar-refractivity contribution in [3.8, 4) is 0 Å². The monoisotopic (exact) mass is 878 g/mol. The lowest BCUT2D eigenvalue weighted by Crippen LogP contribution is -2.72. The molecule has 0 aliphatic carbocycles. The second-order valence-corrected chi connectivity index (χ2v) is 25.5. The summed E-state index contributed by atoms with van der Waals surface area (Å²) in [6.07, 6.45) is -1.35. The van der Waals surface area contributed by atoms with E-state index in [1.54, 1.807) is 14.2 Å². The number of hydrogen-bond acceptors (Lipinski definition) is 6. The summed E-state index contributed by atoms with van der Waals surface area (Å²) in [6.45, 7) is 17.8. The van der Waals surface area contributed by atoms with E-state index in [4.69, 9.17) is 27.8 Å². The lowest BCUT2D eigenvalue weighted by Gasteiger charge is -2.51. The number of hydrogen-bond donors (Lipinski definition) is 0. The molecule has 0 N–H and O–H groups in total. The van der Waals surface area contributed by atoms with E-state index in [2.05, 4.69) is 198 Å². The van der Waals surface area contributed by atoms with Crippen LogP contribution < -0.4 is 20.7 Å². The van der Waals surface area contributed by atoms with Crippen LogP contribution in [0, 0.1) is 0 Å². The molecule has 0 amide bonds. The van der Waals surface area contributed by atoms with E-state index >= 15 is 0 Å². The Kier molecular flexibility index (Phi) is 14.4. The molecule has 54 heavy (non-hydrogen) atoms. The number of methoxy groups -OCH3 is 2. The van der Waals surface area contributed by atoms with Crippen LogP contribution in [0.1, 0.15) is 55.4 Å². The summed E-state index contributed by atoms with van der Waals surface area (Å²) in [5.74, 6) is 0. The third-order valence-corrected chi connectivity index (χ3v) is 21.3. The predicted molar refractivity (Wildman–Crippen MR) is 235 cm³/mol. The first-order chi connectivity index (χ1) is 25.7. The van der Waals surface area contributed by atoms with Gasteiger partial charge in [-0.25, -0.2) is 0 Å². The van der Waals surface area contributed by atoms with Crippen LogP contribution in [0.4, 0.5) is 0 Å². The predicted octanol–water partition coefficient (Wildman–Crippen LogP) is 8.01. The van der Waals surface area contributed by atoms with Crippen LogP contribution in [0.15, 0.2) is 131 Å². The standard InChI is InChI=1S/C45H59IO6Si2/c1-33(39(31-32-46)51-53(44(3,4)5,35-23-15-11-16-24-35)36-25-17-12-18-26-36)49-43-42(48-10)41(40(47-9)34(2)50-43)52-54(45(6,7)8,37-27-19-13-20-28-37)38-29-21-14-22-30-38/h11-34,39-43H,1-10H3/b32-31+/t33-,34?,39-,40?,41?,42?,43?/m0/s1. The summed E-state index contributed by atoms with van der Waals surface area (Å²) in [6, 6.07) is 42.8. The molecule has 1 fully saturated rings. The molecule has 0 saturated carbocycles. The molecule has 0 radical (unpaired) electrons. The molecule has 4 aromatic carbocycles. The minimum Gasteiger partial charge on any atom is -0.399 e. The van der Waals surface area contributed by atoms with Gasteiger partial charge in [-0.2, -0.15) is 0 Å². The van der Waals surface area contributed by atoms with E-state index in [9.17, 15) is 0 Å². The molecule has 290 valence electrons. The third kappa shape index (κ3) is 8.60. The maximum Gasteiger partial charge on any atom is 0.262 e. The fraction of sp³-hybridized carbons (Fsp3) is 0.422. The Bertz CT molecular complexity index is 1670. The molecule has 1 heterocycles. The van der Waals surface area contributed by atoms with Gasteiger partial charge in [0.05, 0.1) is 18.3 Å². The van der Waals surface area contributed by atoms with Crippen molar-refractivity contribution in [3.05, 3.63) is 131 Å². The highest BCUT2D eigenvalue weighted by Gasteiger charge is 2.57. The summed E-state index contributed by atoms with van der Waals surface area (Å²) in [7, 11) is -2.50. The van der Waals surface area contributed by atoms with Gasteiger partial charge in [0, 0.05) is 14.2 Å². The second-order valence-electron chi connectivity index (χ2n) is 16.3. The number of rotatable bonds is 14. The zero-order valence-electron chi connectivity index (χ0n) is 33.6. The van der Waals surface area contributed by atoms with Crippen LogP contribution in [-0.4, -0.2) is 73.8 Å². The van der Waals surface area contributed by atoms with E-state index in [1.165, 1.54) is 20.7 Å². The maximum absolute atomic E-state index is 7.74. The van der Waals surface area contributed by atoms with Gasteiger partial charge in [-0.3, -0.25) is 0 Å². The van der Waals surface area contributed by atoms with Gasteiger partial charge in [0.25, 0.3) is 16.6 Å². The van der Waals surface area contributed by atoms with Crippen LogP contribution in [-0.2, 0) is 27.8 Å². The van der Waals surface area contributed by atoms with Gasteiger partial charge in [0.2, 0.25) is 0 Å². The smallest absolute Gasteiger partial charge is 0.262 e. The zero-order valence-corrected chi connectivity index (χ0v) is 37.7. The molecular formula is C45H59IO6Si2. The van der Waals surface area contributed by atoms with E-state index in [0.29, 0.717) is 0 Å². The van der Waals surface area contributed by atoms with Gasteiger partial charge in [-0.15, -0.1) is 0 Å². The molecule has 9 heteroatoms. The minimum atomic E-state index is -3.02. The van der Waals surface area contributed by atoms with Gasteiger partial charge in [0.15, 0.2) is 6.29 Å². The van der Waals surface area contributed by atoms with Crippen molar-refractivity contribution in [3.63, 3.8) is 0 Å². The highest BCUT2D eigenvalue weighted by Crippen LogP contribution is 2.42. The first kappa shape index (κ1) is 42.7. The number of benzene rings is 4. The fourth-order valence-corrected chi connectivity index (χ4v) is 18.0. The lowest BCUT2D eigenvalue weighted by molar-refractivity contribution is -0.311. The van der Waals surface area contributed by atoms with Crippen molar-refractivity contribution in [2.45, 2.75) is 108 Å². The number of halogens is 1. The maximum atomic E-state index is 7.74. The minimum absolute atomic E-state index is 0.210. The Morgan fingerprint density at radius 2 is 1.00 bits per heavy atom. The molecule has 4 aromatic rings. The Labute approximate surface area is 340 Å². The van der Waals surface area contributed by atoms with Gasteiger partial charge < -0.3 is 27.8 Å². The average Bonchev–Trinajstić information content (AvgIpc) is 3.16. The summed E-state index contributed by atoms with van der Waals surface area (Å²) in [5, 5.41) is 4.33. The molecule has 0 spiro atoms. The average molecular weight is 879 g/mol. The topological polar surface area (TPSA) is 55.4 Å². The van der Waals surface area contributed by atoms with Crippen molar-refractivity contribution >= 4 is 60.0 Å². The highest BCUT2D eigenvalue weighted by atomic mass is 127. The Morgan fingerprint density at radius 1 is 0.611 bits per heavy atom. The van der Waals surface area contributed by atoms with Gasteiger partial charge >= 0.3 is 0 Å². The van der Waals surface area contributed by atoms with Crippen LogP contribution in [0.25, 0.3) is 0 Å². The molecule has 7 atom stereocenters. The fourth-order valence-electron chi connectivity index (χ4n) is 8.23. The van der Waals surface area contributed by atoms with Crippen molar-refractivity contribution in [2.24, 2.45) is 0 Å². The van der Waals surface area contributed by atoms with Gasteiger partial charge in [0.1, 0.15) is 18.3 Å². The molecule has 5 rings (SSSR count). The Morgan fingerprint density at radius 3 is 1.35 bits per heavy atom. The van der Waals surface area contributed by atoms with Crippen LogP contribution in [0.3, 0.4) is 0 Å². The summed E-state index contributed by atoms with van der Waals surface area (Å²) >= 11 is 2.28. The second kappa shape index (κ2) is 18.2. The van der Waals surface area contributed by atoms with E-state index in [1.807, 2.05) is 11.0 Å².